The van der Waals surface area contributed by atoms with Crippen LogP contribution in [0.15, 0.2) is 61.1 Å². The summed E-state index contributed by atoms with van der Waals surface area (Å²) < 4.78 is 0. The van der Waals surface area contributed by atoms with Crippen molar-refractivity contribution in [1.29, 1.82) is 0 Å². The molecule has 1 fully saturated rings. The fourth-order valence-corrected chi connectivity index (χ4v) is 4.62. The van der Waals surface area contributed by atoms with Crippen LogP contribution in [0, 0.1) is 0 Å². The summed E-state index contributed by atoms with van der Waals surface area (Å²) in [6, 6.07) is 12.9. The van der Waals surface area contributed by atoms with Gasteiger partial charge in [0.2, 0.25) is 0 Å². The Hall–Kier alpha value is -1.98. The van der Waals surface area contributed by atoms with E-state index >= 15 is 0 Å². The summed E-state index contributed by atoms with van der Waals surface area (Å²) in [5, 5.41) is 12.7. The molecule has 0 saturated carbocycles. The molecule has 0 aliphatic carbocycles. The van der Waals surface area contributed by atoms with Gasteiger partial charge in [-0.05, 0) is 61.8 Å². The summed E-state index contributed by atoms with van der Waals surface area (Å²) in [4.78, 5) is 11.2. The number of rotatable bonds is 5. The van der Waals surface area contributed by atoms with Crippen LogP contribution in [0.2, 0.25) is 10.0 Å². The molecular weight excluding hydrogens is 405 g/mol. The number of aromatic nitrogens is 2. The second-order valence-electron chi connectivity index (χ2n) is 7.37. The highest BCUT2D eigenvalue weighted by Gasteiger charge is 2.31. The largest absolute Gasteiger partial charge is 0.386 e. The lowest BCUT2D eigenvalue weighted by atomic mass is 9.91. The number of aliphatic hydroxyl groups is 1. The van der Waals surface area contributed by atoms with Crippen LogP contribution in [0.25, 0.3) is 11.3 Å². The predicted octanol–water partition coefficient (Wildman–Crippen LogP) is 5.71. The van der Waals surface area contributed by atoms with E-state index in [-0.39, 0.29) is 6.04 Å². The molecule has 6 heteroatoms. The first-order valence-corrected chi connectivity index (χ1v) is 10.6. The maximum absolute atomic E-state index is 11.6. The number of benzene rings is 1. The molecule has 2 atom stereocenters. The van der Waals surface area contributed by atoms with Gasteiger partial charge in [0.15, 0.2) is 0 Å². The molecule has 1 saturated heterocycles. The minimum Gasteiger partial charge on any atom is -0.386 e. The van der Waals surface area contributed by atoms with E-state index in [2.05, 4.69) is 14.9 Å². The van der Waals surface area contributed by atoms with E-state index in [1.165, 1.54) is 6.42 Å². The molecule has 29 heavy (non-hydrogen) atoms. The molecule has 1 aliphatic rings. The van der Waals surface area contributed by atoms with Crippen molar-refractivity contribution in [3.05, 3.63) is 82.2 Å². The summed E-state index contributed by atoms with van der Waals surface area (Å²) in [7, 11) is 0. The van der Waals surface area contributed by atoms with Crippen molar-refractivity contribution >= 4 is 23.2 Å². The fraction of sp³-hybridized carbons (Fsp3) is 0.304. The topological polar surface area (TPSA) is 49.3 Å². The van der Waals surface area contributed by atoms with Crippen LogP contribution in [0.1, 0.15) is 42.5 Å². The van der Waals surface area contributed by atoms with E-state index < -0.39 is 6.10 Å². The van der Waals surface area contributed by atoms with Crippen LogP contribution in [-0.2, 0) is 0 Å². The van der Waals surface area contributed by atoms with Crippen molar-refractivity contribution in [1.82, 2.24) is 14.9 Å². The van der Waals surface area contributed by atoms with Gasteiger partial charge in [-0.2, -0.15) is 0 Å². The number of hydrogen-bond donors (Lipinski definition) is 1. The number of likely N-dealkylation sites (tertiary alicyclic amines) is 1. The first-order valence-electron chi connectivity index (χ1n) is 9.87. The molecule has 1 aromatic carbocycles. The molecule has 4 nitrogen and oxygen atoms in total. The van der Waals surface area contributed by atoms with Crippen molar-refractivity contribution in [3.8, 4) is 11.3 Å². The fourth-order valence-electron chi connectivity index (χ4n) is 4.10. The Balaban J connectivity index is 1.78. The van der Waals surface area contributed by atoms with Crippen LogP contribution in [0.5, 0.6) is 0 Å². The maximum atomic E-state index is 11.6. The Labute approximate surface area is 181 Å². The van der Waals surface area contributed by atoms with Gasteiger partial charge in [-0.3, -0.25) is 14.9 Å². The van der Waals surface area contributed by atoms with Crippen molar-refractivity contribution in [2.24, 2.45) is 0 Å². The van der Waals surface area contributed by atoms with Gasteiger partial charge in [0.1, 0.15) is 6.10 Å². The van der Waals surface area contributed by atoms with Gasteiger partial charge in [-0.15, -0.1) is 0 Å². The average molecular weight is 428 g/mol. The lowest BCUT2D eigenvalue weighted by molar-refractivity contribution is 0.0362. The van der Waals surface area contributed by atoms with Crippen molar-refractivity contribution in [2.45, 2.75) is 31.4 Å². The Morgan fingerprint density at radius 2 is 1.66 bits per heavy atom. The molecule has 0 bridgehead atoms. The Morgan fingerprint density at radius 3 is 2.34 bits per heavy atom. The van der Waals surface area contributed by atoms with E-state index in [9.17, 15) is 5.11 Å². The van der Waals surface area contributed by atoms with Crippen LogP contribution >= 0.6 is 23.2 Å². The summed E-state index contributed by atoms with van der Waals surface area (Å²) in [6.07, 6.45) is 8.05. The Bertz CT molecular complexity index is 941. The molecule has 1 N–H and O–H groups in total. The molecule has 0 unspecified atom stereocenters. The molecule has 3 aromatic rings. The predicted molar refractivity (Wildman–Crippen MR) is 117 cm³/mol. The first-order chi connectivity index (χ1) is 14.1. The third-order valence-electron chi connectivity index (χ3n) is 5.40. The number of pyridine rings is 2. The van der Waals surface area contributed by atoms with E-state index in [1.807, 2.05) is 42.6 Å². The normalized spacial score (nSPS) is 17.1. The zero-order valence-electron chi connectivity index (χ0n) is 16.0. The highest BCUT2D eigenvalue weighted by Crippen LogP contribution is 2.39. The maximum Gasteiger partial charge on any atom is 0.101 e. The van der Waals surface area contributed by atoms with Crippen LogP contribution in [-0.4, -0.2) is 33.1 Å². The van der Waals surface area contributed by atoms with Gasteiger partial charge in [-0.25, -0.2) is 0 Å². The zero-order chi connectivity index (χ0) is 20.2. The van der Waals surface area contributed by atoms with E-state index in [0.29, 0.717) is 15.7 Å². The highest BCUT2D eigenvalue weighted by molar-refractivity contribution is 6.35. The smallest absolute Gasteiger partial charge is 0.101 e. The molecule has 0 amide bonds. The molecule has 150 valence electrons. The van der Waals surface area contributed by atoms with Crippen molar-refractivity contribution in [2.75, 3.05) is 13.1 Å². The number of hydrogen-bond acceptors (Lipinski definition) is 4. The van der Waals surface area contributed by atoms with Gasteiger partial charge in [0.25, 0.3) is 0 Å². The molecule has 4 rings (SSSR count). The Kier molecular flexibility index (Phi) is 6.46. The minimum atomic E-state index is -0.765. The SMILES string of the molecule is O[C@H](c1cccnc1-c1cc(Cl)cc(Cl)c1)[C@H](c1cccnc1)N1CCCCC1. The molecule has 0 spiro atoms. The van der Waals surface area contributed by atoms with E-state index in [0.717, 1.165) is 42.6 Å². The van der Waals surface area contributed by atoms with Crippen LogP contribution in [0.3, 0.4) is 0 Å². The Morgan fingerprint density at radius 1 is 0.931 bits per heavy atom. The molecule has 3 heterocycles. The van der Waals surface area contributed by atoms with Crippen LogP contribution in [0.4, 0.5) is 0 Å². The summed E-state index contributed by atoms with van der Waals surface area (Å²) in [5.74, 6) is 0. The number of nitrogens with zero attached hydrogens (tertiary/aromatic N) is 3. The zero-order valence-corrected chi connectivity index (χ0v) is 17.5. The summed E-state index contributed by atoms with van der Waals surface area (Å²) >= 11 is 12.4. The third kappa shape index (κ3) is 4.62. The van der Waals surface area contributed by atoms with Gasteiger partial charge in [0.05, 0.1) is 11.7 Å². The van der Waals surface area contributed by atoms with Gasteiger partial charge < -0.3 is 5.11 Å². The second-order valence-corrected chi connectivity index (χ2v) is 8.24. The highest BCUT2D eigenvalue weighted by atomic mass is 35.5. The number of aliphatic hydroxyl groups excluding tert-OH is 1. The molecule has 2 aromatic heterocycles. The first kappa shape index (κ1) is 20.3. The lowest BCUT2D eigenvalue weighted by Gasteiger charge is -2.38. The van der Waals surface area contributed by atoms with Gasteiger partial charge >= 0.3 is 0 Å². The van der Waals surface area contributed by atoms with Crippen LogP contribution < -0.4 is 0 Å². The van der Waals surface area contributed by atoms with E-state index in [4.69, 9.17) is 23.2 Å². The van der Waals surface area contributed by atoms with Gasteiger partial charge in [-0.1, -0.05) is 41.8 Å². The summed E-state index contributed by atoms with van der Waals surface area (Å²) in [6.45, 7) is 1.91. The summed E-state index contributed by atoms with van der Waals surface area (Å²) in [5.41, 5.74) is 3.24. The quantitative estimate of drug-likeness (QED) is 0.566. The molecular formula is C23H23Cl2N3O. The lowest BCUT2D eigenvalue weighted by Crippen LogP contribution is -2.37. The minimum absolute atomic E-state index is 0.193. The van der Waals surface area contributed by atoms with Crippen molar-refractivity contribution < 1.29 is 5.11 Å². The number of piperidine rings is 1. The van der Waals surface area contributed by atoms with E-state index in [1.54, 1.807) is 18.5 Å². The number of halogens is 2. The van der Waals surface area contributed by atoms with Crippen molar-refractivity contribution in [3.63, 3.8) is 0 Å². The monoisotopic (exact) mass is 427 g/mol. The average Bonchev–Trinajstić information content (AvgIpc) is 2.75. The second kappa shape index (κ2) is 9.23. The molecule has 1 aliphatic heterocycles. The van der Waals surface area contributed by atoms with Gasteiger partial charge in [0, 0.05) is 39.8 Å². The standard InChI is InChI=1S/C23H23Cl2N3O/c24-18-12-17(13-19(25)14-18)21-20(7-5-9-27-21)23(29)22(16-6-4-8-26-15-16)28-10-2-1-3-11-28/h4-9,12-15,22-23,29H,1-3,10-11H2/t22-,23+/m0/s1. The third-order valence-corrected chi connectivity index (χ3v) is 5.84. The molecule has 0 radical (unpaired) electrons.